The summed E-state index contributed by atoms with van der Waals surface area (Å²) in [6, 6.07) is 3.09. The van der Waals surface area contributed by atoms with Gasteiger partial charge in [0.25, 0.3) is 11.0 Å². The van der Waals surface area contributed by atoms with E-state index in [2.05, 4.69) is 0 Å². The zero-order chi connectivity index (χ0) is 11.9. The molecule has 0 spiro atoms. The molecule has 0 saturated heterocycles. The van der Waals surface area contributed by atoms with Crippen LogP contribution in [-0.2, 0) is 0 Å². The van der Waals surface area contributed by atoms with E-state index in [0.717, 1.165) is 10.5 Å². The second-order valence-electron chi connectivity index (χ2n) is 3.43. The highest BCUT2D eigenvalue weighted by Gasteiger charge is 2.22. The van der Waals surface area contributed by atoms with Crippen molar-refractivity contribution in [2.75, 3.05) is 0 Å². The van der Waals surface area contributed by atoms with Gasteiger partial charge in [-0.2, -0.15) is 0 Å². The summed E-state index contributed by atoms with van der Waals surface area (Å²) in [5, 5.41) is 10.6. The minimum atomic E-state index is -0.447. The van der Waals surface area contributed by atoms with Crippen LogP contribution >= 0.6 is 11.3 Å². The average molecular weight is 237 g/mol. The Labute approximate surface area is 95.1 Å². The van der Waals surface area contributed by atoms with Crippen molar-refractivity contribution < 1.29 is 14.1 Å². The van der Waals surface area contributed by atoms with Gasteiger partial charge in [-0.3, -0.25) is 14.9 Å². The third-order valence-electron chi connectivity index (χ3n) is 2.32. The number of fused-ring (bicyclic) bond motifs is 1. The van der Waals surface area contributed by atoms with Gasteiger partial charge in [0.1, 0.15) is 4.88 Å². The van der Waals surface area contributed by atoms with E-state index >= 15 is 0 Å². The van der Waals surface area contributed by atoms with Crippen LogP contribution in [-0.4, -0.2) is 10.7 Å². The van der Waals surface area contributed by atoms with Crippen molar-refractivity contribution in [1.29, 1.82) is 0 Å². The van der Waals surface area contributed by atoms with Crippen molar-refractivity contribution in [2.24, 2.45) is 0 Å². The SMILES string of the molecule is CC(=O)c1sc2ccc([N+](=O)[O-])c[n+]2c1C. The molecule has 0 aliphatic carbocycles. The van der Waals surface area contributed by atoms with Crippen LogP contribution in [0.1, 0.15) is 22.3 Å². The summed E-state index contributed by atoms with van der Waals surface area (Å²) in [6.45, 7) is 3.27. The van der Waals surface area contributed by atoms with Crippen molar-refractivity contribution in [3.05, 3.63) is 39.0 Å². The van der Waals surface area contributed by atoms with Gasteiger partial charge in [-0.05, 0) is 0 Å². The molecule has 0 aromatic carbocycles. The fourth-order valence-corrected chi connectivity index (χ4v) is 2.57. The minimum absolute atomic E-state index is 0.0196. The third kappa shape index (κ3) is 1.57. The van der Waals surface area contributed by atoms with Crippen LogP contribution in [0.15, 0.2) is 18.3 Å². The van der Waals surface area contributed by atoms with Crippen LogP contribution in [0.2, 0.25) is 0 Å². The number of aryl methyl sites for hydroxylation is 1. The van der Waals surface area contributed by atoms with Crippen LogP contribution in [0, 0.1) is 17.0 Å². The lowest BCUT2D eigenvalue weighted by molar-refractivity contribution is -0.523. The molecule has 0 aliphatic heterocycles. The normalized spacial score (nSPS) is 10.6. The molecule has 0 bridgehead atoms. The molecule has 0 radical (unpaired) electrons. The lowest BCUT2D eigenvalue weighted by atomic mass is 10.3. The Morgan fingerprint density at radius 3 is 2.75 bits per heavy atom. The van der Waals surface area contributed by atoms with Crippen LogP contribution in [0.3, 0.4) is 0 Å². The number of nitrogens with zero attached hydrogens (tertiary/aromatic N) is 2. The summed E-state index contributed by atoms with van der Waals surface area (Å²) >= 11 is 1.34. The smallest absolute Gasteiger partial charge is 0.293 e. The van der Waals surface area contributed by atoms with Gasteiger partial charge >= 0.3 is 5.69 Å². The molecule has 0 unspecified atom stereocenters. The van der Waals surface area contributed by atoms with Crippen LogP contribution in [0.25, 0.3) is 4.83 Å². The summed E-state index contributed by atoms with van der Waals surface area (Å²) in [6.07, 6.45) is 1.44. The average Bonchev–Trinajstić information content (AvgIpc) is 2.56. The maximum atomic E-state index is 11.3. The van der Waals surface area contributed by atoms with Crippen LogP contribution < -0.4 is 4.40 Å². The van der Waals surface area contributed by atoms with Crippen molar-refractivity contribution in [3.8, 4) is 0 Å². The van der Waals surface area contributed by atoms with Gasteiger partial charge < -0.3 is 0 Å². The fraction of sp³-hybridized carbons (Fsp3) is 0.200. The monoisotopic (exact) mass is 237 g/mol. The predicted molar refractivity (Wildman–Crippen MR) is 58.9 cm³/mol. The van der Waals surface area contributed by atoms with Crippen molar-refractivity contribution in [1.82, 2.24) is 0 Å². The van der Waals surface area contributed by atoms with Gasteiger partial charge in [0, 0.05) is 26.0 Å². The summed E-state index contributed by atoms with van der Waals surface area (Å²) in [5.74, 6) is -0.0196. The number of nitro groups is 1. The van der Waals surface area contributed by atoms with E-state index in [9.17, 15) is 14.9 Å². The summed E-state index contributed by atoms with van der Waals surface area (Å²) < 4.78 is 1.68. The zero-order valence-electron chi connectivity index (χ0n) is 8.76. The number of Topliss-reactive ketones (excluding diaryl/α,β-unsaturated/α-hetero) is 1. The molecule has 2 heterocycles. The highest BCUT2D eigenvalue weighted by Crippen LogP contribution is 2.20. The molecule has 6 heteroatoms. The molecule has 0 atom stereocenters. The molecule has 0 saturated carbocycles. The van der Waals surface area contributed by atoms with E-state index in [1.807, 2.05) is 0 Å². The number of rotatable bonds is 2. The lowest BCUT2D eigenvalue weighted by Crippen LogP contribution is -2.23. The zero-order valence-corrected chi connectivity index (χ0v) is 9.58. The Morgan fingerprint density at radius 1 is 1.50 bits per heavy atom. The number of pyridine rings is 1. The van der Waals surface area contributed by atoms with Gasteiger partial charge in [0.2, 0.25) is 5.69 Å². The molecule has 16 heavy (non-hydrogen) atoms. The van der Waals surface area contributed by atoms with E-state index in [-0.39, 0.29) is 11.5 Å². The van der Waals surface area contributed by atoms with Crippen molar-refractivity contribution in [3.63, 3.8) is 0 Å². The molecule has 2 aromatic rings. The molecule has 2 rings (SSSR count). The van der Waals surface area contributed by atoms with Gasteiger partial charge in [0.05, 0.1) is 4.92 Å². The van der Waals surface area contributed by atoms with E-state index in [1.165, 1.54) is 30.5 Å². The topological polar surface area (TPSA) is 64.3 Å². The standard InChI is InChI=1S/C10H9N2O3S/c1-6-10(7(2)13)16-9-4-3-8(12(14)15)5-11(6)9/h3-5H,1-2H3/q+1. The second-order valence-corrected chi connectivity index (χ2v) is 4.46. The minimum Gasteiger partial charge on any atom is -0.293 e. The Hall–Kier alpha value is -1.82. The second kappa shape index (κ2) is 3.64. The first-order valence-corrected chi connectivity index (χ1v) is 5.42. The Bertz CT molecular complexity index is 603. The number of carbonyl (C=O) groups excluding carboxylic acids is 1. The van der Waals surface area contributed by atoms with Crippen LogP contribution in [0.5, 0.6) is 0 Å². The number of ketones is 1. The Morgan fingerprint density at radius 2 is 2.19 bits per heavy atom. The molecule has 0 aliphatic rings. The Kier molecular flexibility index (Phi) is 2.43. The van der Waals surface area contributed by atoms with Gasteiger partial charge in [-0.25, -0.2) is 0 Å². The molecular formula is C10H9N2O3S+. The number of hydrogen-bond acceptors (Lipinski definition) is 4. The molecule has 82 valence electrons. The van der Waals surface area contributed by atoms with Crippen molar-refractivity contribution in [2.45, 2.75) is 13.8 Å². The first kappa shape index (κ1) is 10.7. The number of aromatic nitrogens is 1. The number of carbonyl (C=O) groups is 1. The van der Waals surface area contributed by atoms with Gasteiger partial charge in [-0.1, -0.05) is 11.3 Å². The first-order chi connectivity index (χ1) is 7.50. The molecular weight excluding hydrogens is 228 g/mol. The molecule has 0 N–H and O–H groups in total. The number of thiazole rings is 1. The quantitative estimate of drug-likeness (QED) is 0.347. The summed E-state index contributed by atoms with van der Waals surface area (Å²) in [5.41, 5.74) is 0.768. The molecule has 5 nitrogen and oxygen atoms in total. The highest BCUT2D eigenvalue weighted by molar-refractivity contribution is 7.18. The highest BCUT2D eigenvalue weighted by atomic mass is 32.1. The van der Waals surface area contributed by atoms with Crippen molar-refractivity contribution >= 4 is 27.6 Å². The number of hydrogen-bond donors (Lipinski definition) is 0. The predicted octanol–water partition coefficient (Wildman–Crippen LogP) is 1.91. The molecule has 2 aromatic heterocycles. The maximum Gasteiger partial charge on any atom is 0.332 e. The van der Waals surface area contributed by atoms with E-state index in [4.69, 9.17) is 0 Å². The largest absolute Gasteiger partial charge is 0.332 e. The Balaban J connectivity index is 2.73. The first-order valence-electron chi connectivity index (χ1n) is 4.61. The van der Waals surface area contributed by atoms with Gasteiger partial charge in [0.15, 0.2) is 5.78 Å². The summed E-state index contributed by atoms with van der Waals surface area (Å²) in [7, 11) is 0. The van der Waals surface area contributed by atoms with Crippen LogP contribution in [0.4, 0.5) is 5.69 Å². The summed E-state index contributed by atoms with van der Waals surface area (Å²) in [4.78, 5) is 23.0. The lowest BCUT2D eigenvalue weighted by Gasteiger charge is -1.87. The van der Waals surface area contributed by atoms with Gasteiger partial charge in [-0.15, -0.1) is 4.40 Å². The fourth-order valence-electron chi connectivity index (χ4n) is 1.54. The van der Waals surface area contributed by atoms with E-state index in [0.29, 0.717) is 4.88 Å². The third-order valence-corrected chi connectivity index (χ3v) is 3.65. The molecule has 0 fully saturated rings. The maximum absolute atomic E-state index is 11.3. The van der Waals surface area contributed by atoms with E-state index in [1.54, 1.807) is 17.4 Å². The van der Waals surface area contributed by atoms with E-state index < -0.39 is 4.92 Å². The molecule has 0 amide bonds.